The number of hydrogen-bond donors (Lipinski definition) is 1. The van der Waals surface area contributed by atoms with Crippen molar-refractivity contribution in [3.63, 3.8) is 0 Å². The number of benzene rings is 1. The van der Waals surface area contributed by atoms with Crippen molar-refractivity contribution >= 4 is 25.4 Å². The highest BCUT2D eigenvalue weighted by Gasteiger charge is 2.22. The van der Waals surface area contributed by atoms with Gasteiger partial charge in [-0.3, -0.25) is 4.68 Å². The summed E-state index contributed by atoms with van der Waals surface area (Å²) in [6.07, 6.45) is 4.06. The molecule has 0 amide bonds. The molecule has 27 heavy (non-hydrogen) atoms. The lowest BCUT2D eigenvalue weighted by atomic mass is 10.1. The zero-order chi connectivity index (χ0) is 20.8. The minimum Gasteiger partial charge on any atom is -0.377 e. The van der Waals surface area contributed by atoms with E-state index in [1.165, 1.54) is 18.2 Å². The van der Waals surface area contributed by atoms with Crippen molar-refractivity contribution in [2.75, 3.05) is 17.8 Å². The van der Waals surface area contributed by atoms with Crippen molar-refractivity contribution in [1.29, 1.82) is 0 Å². The topological polar surface area (TPSA) is 98.1 Å². The maximum Gasteiger partial charge on any atom is 0.177 e. The Hall–Kier alpha value is -1.87. The molecule has 2 rings (SSSR count). The van der Waals surface area contributed by atoms with Crippen LogP contribution in [0.15, 0.2) is 34.2 Å². The van der Waals surface area contributed by atoms with E-state index >= 15 is 0 Å². The van der Waals surface area contributed by atoms with Crippen LogP contribution in [0.25, 0.3) is 0 Å². The molecule has 0 saturated carbocycles. The maximum absolute atomic E-state index is 12.2. The molecular formula is C18H27N3O4S2. The van der Waals surface area contributed by atoms with Gasteiger partial charge in [-0.2, -0.15) is 5.10 Å². The molecule has 0 radical (unpaired) electrons. The Labute approximate surface area is 161 Å². The quantitative estimate of drug-likeness (QED) is 0.809. The fourth-order valence-electron chi connectivity index (χ4n) is 2.71. The van der Waals surface area contributed by atoms with Gasteiger partial charge in [-0.05, 0) is 52.8 Å². The van der Waals surface area contributed by atoms with Crippen molar-refractivity contribution in [3.8, 4) is 0 Å². The lowest BCUT2D eigenvalue weighted by molar-refractivity contribution is 0.354. The van der Waals surface area contributed by atoms with Gasteiger partial charge in [-0.15, -0.1) is 0 Å². The molecule has 150 valence electrons. The average Bonchev–Trinajstić information content (AvgIpc) is 2.87. The molecule has 2 aromatic rings. The number of rotatable bonds is 5. The highest BCUT2D eigenvalue weighted by molar-refractivity contribution is 7.91. The van der Waals surface area contributed by atoms with Gasteiger partial charge in [0.25, 0.3) is 0 Å². The minimum atomic E-state index is -3.62. The summed E-state index contributed by atoms with van der Waals surface area (Å²) in [5.41, 5.74) is 1.98. The zero-order valence-corrected chi connectivity index (χ0v) is 18.4. The molecule has 1 unspecified atom stereocenters. The first-order valence-electron chi connectivity index (χ1n) is 8.48. The number of hydrogen-bond acceptors (Lipinski definition) is 6. The van der Waals surface area contributed by atoms with Gasteiger partial charge in [0.2, 0.25) is 0 Å². The zero-order valence-electron chi connectivity index (χ0n) is 16.7. The van der Waals surface area contributed by atoms with Crippen molar-refractivity contribution < 1.29 is 16.8 Å². The Morgan fingerprint density at radius 2 is 1.67 bits per heavy atom. The molecule has 1 atom stereocenters. The second-order valence-corrected chi connectivity index (χ2v) is 11.9. The first-order chi connectivity index (χ1) is 12.1. The van der Waals surface area contributed by atoms with Gasteiger partial charge >= 0.3 is 0 Å². The van der Waals surface area contributed by atoms with Crippen LogP contribution in [0.5, 0.6) is 0 Å². The first kappa shape index (κ1) is 21.4. The molecule has 9 heteroatoms. The summed E-state index contributed by atoms with van der Waals surface area (Å²) < 4.78 is 49.8. The molecule has 1 aromatic heterocycles. The second kappa shape index (κ2) is 6.94. The van der Waals surface area contributed by atoms with E-state index in [0.29, 0.717) is 5.69 Å². The molecule has 0 aliphatic heterocycles. The van der Waals surface area contributed by atoms with E-state index in [0.717, 1.165) is 23.8 Å². The van der Waals surface area contributed by atoms with Crippen molar-refractivity contribution in [2.24, 2.45) is 0 Å². The summed E-state index contributed by atoms with van der Waals surface area (Å²) >= 11 is 0. The van der Waals surface area contributed by atoms with Crippen LogP contribution in [0.1, 0.15) is 45.0 Å². The van der Waals surface area contributed by atoms with Gasteiger partial charge in [-0.25, -0.2) is 16.8 Å². The molecule has 1 heterocycles. The van der Waals surface area contributed by atoms with Crippen molar-refractivity contribution in [1.82, 2.24) is 9.78 Å². The average molecular weight is 414 g/mol. The van der Waals surface area contributed by atoms with E-state index in [2.05, 4.69) is 10.4 Å². The largest absolute Gasteiger partial charge is 0.377 e. The fraction of sp³-hybridized carbons (Fsp3) is 0.500. The molecule has 0 spiro atoms. The van der Waals surface area contributed by atoms with Gasteiger partial charge in [0, 0.05) is 24.3 Å². The second-order valence-electron chi connectivity index (χ2n) is 7.85. The normalized spacial score (nSPS) is 14.2. The summed E-state index contributed by atoms with van der Waals surface area (Å²) in [5.74, 6) is 0. The summed E-state index contributed by atoms with van der Waals surface area (Å²) in [7, 11) is -7.13. The van der Waals surface area contributed by atoms with E-state index in [-0.39, 0.29) is 21.4 Å². The Bertz CT molecular complexity index is 1060. The lowest BCUT2D eigenvalue weighted by Crippen LogP contribution is -2.22. The van der Waals surface area contributed by atoms with Gasteiger partial charge in [0.05, 0.1) is 32.8 Å². The van der Waals surface area contributed by atoms with Crippen molar-refractivity contribution in [3.05, 3.63) is 35.7 Å². The van der Waals surface area contributed by atoms with E-state index in [1.807, 2.05) is 45.5 Å². The smallest absolute Gasteiger partial charge is 0.177 e. The van der Waals surface area contributed by atoms with Crippen LogP contribution in [0, 0.1) is 6.92 Å². The third-order valence-corrected chi connectivity index (χ3v) is 6.49. The Balaban J connectivity index is 2.47. The van der Waals surface area contributed by atoms with Crippen LogP contribution in [0.4, 0.5) is 5.69 Å². The number of anilines is 1. The highest BCUT2D eigenvalue weighted by atomic mass is 32.2. The van der Waals surface area contributed by atoms with Crippen LogP contribution in [0.2, 0.25) is 0 Å². The molecule has 0 saturated heterocycles. The fourth-order valence-corrected chi connectivity index (χ4v) is 4.30. The van der Waals surface area contributed by atoms with Crippen LogP contribution in [-0.2, 0) is 25.2 Å². The number of nitrogens with one attached hydrogen (secondary N) is 1. The third-order valence-electron chi connectivity index (χ3n) is 4.24. The lowest BCUT2D eigenvalue weighted by Gasteiger charge is -2.20. The molecule has 1 N–H and O–H groups in total. The van der Waals surface area contributed by atoms with E-state index in [1.54, 1.807) is 0 Å². The molecule has 0 aliphatic carbocycles. The van der Waals surface area contributed by atoms with Gasteiger partial charge < -0.3 is 5.32 Å². The summed E-state index contributed by atoms with van der Waals surface area (Å²) in [6, 6.07) is 3.88. The minimum absolute atomic E-state index is 0.0298. The molecule has 0 bridgehead atoms. The first-order valence-corrected chi connectivity index (χ1v) is 12.3. The Kier molecular flexibility index (Phi) is 5.51. The summed E-state index contributed by atoms with van der Waals surface area (Å²) in [5, 5.41) is 7.73. The summed E-state index contributed by atoms with van der Waals surface area (Å²) in [4.78, 5) is -0.0731. The van der Waals surface area contributed by atoms with Gasteiger partial charge in [-0.1, -0.05) is 0 Å². The molecule has 0 fully saturated rings. The summed E-state index contributed by atoms with van der Waals surface area (Å²) in [6.45, 7) is 9.96. The predicted octanol–water partition coefficient (Wildman–Crippen LogP) is 2.93. The molecule has 0 aliphatic rings. The molecule has 7 nitrogen and oxygen atoms in total. The Morgan fingerprint density at radius 1 is 1.07 bits per heavy atom. The van der Waals surface area contributed by atoms with Gasteiger partial charge in [0.15, 0.2) is 19.7 Å². The Morgan fingerprint density at radius 3 is 2.11 bits per heavy atom. The monoisotopic (exact) mass is 413 g/mol. The van der Waals surface area contributed by atoms with Gasteiger partial charge in [0.1, 0.15) is 0 Å². The maximum atomic E-state index is 12.2. The number of sulfone groups is 2. The van der Waals surface area contributed by atoms with E-state index < -0.39 is 19.7 Å². The van der Waals surface area contributed by atoms with Crippen LogP contribution < -0.4 is 5.32 Å². The SMILES string of the molecule is Cc1nn(C(C)(C)C)cc1C(C)Nc1ccc(S(C)(=O)=O)cc1S(C)(=O)=O. The standard InChI is InChI=1S/C18H27N3O4S2/c1-12(15-11-21(18(3,4)5)20-13(15)2)19-16-9-8-14(26(6,22)23)10-17(16)27(7,24)25/h8-12,19H,1-7H3. The number of aryl methyl sites for hydroxylation is 1. The number of aromatic nitrogens is 2. The molecular weight excluding hydrogens is 386 g/mol. The van der Waals surface area contributed by atoms with Crippen LogP contribution in [0.3, 0.4) is 0 Å². The van der Waals surface area contributed by atoms with E-state index in [4.69, 9.17) is 0 Å². The number of nitrogens with zero attached hydrogens (tertiary/aromatic N) is 2. The van der Waals surface area contributed by atoms with Crippen molar-refractivity contribution in [2.45, 2.75) is 56.0 Å². The molecule has 1 aromatic carbocycles. The highest BCUT2D eigenvalue weighted by Crippen LogP contribution is 2.30. The predicted molar refractivity (Wildman–Crippen MR) is 107 cm³/mol. The van der Waals surface area contributed by atoms with Crippen LogP contribution >= 0.6 is 0 Å². The third kappa shape index (κ3) is 4.90. The van der Waals surface area contributed by atoms with Crippen LogP contribution in [-0.4, -0.2) is 39.1 Å². The van der Waals surface area contributed by atoms with E-state index in [9.17, 15) is 16.8 Å².